The van der Waals surface area contributed by atoms with E-state index in [1.165, 1.54) is 6.42 Å². The van der Waals surface area contributed by atoms with Crippen molar-refractivity contribution in [2.75, 3.05) is 20.1 Å². The lowest BCUT2D eigenvalue weighted by atomic mass is 10.3. The quantitative estimate of drug-likeness (QED) is 0.789. The summed E-state index contributed by atoms with van der Waals surface area (Å²) in [5.41, 5.74) is 0. The van der Waals surface area contributed by atoms with Crippen molar-refractivity contribution in [3.05, 3.63) is 0 Å². The third kappa shape index (κ3) is 4.20. The van der Waals surface area contributed by atoms with Gasteiger partial charge in [0.2, 0.25) is 0 Å². The van der Waals surface area contributed by atoms with Crippen LogP contribution in [0, 0.1) is 11.8 Å². The van der Waals surface area contributed by atoms with Crippen molar-refractivity contribution in [1.29, 1.82) is 0 Å². The fraction of sp³-hybridized carbons (Fsp3) is 0.846. The molecule has 0 aromatic carbocycles. The van der Waals surface area contributed by atoms with Gasteiger partial charge in [-0.1, -0.05) is 6.92 Å². The van der Waals surface area contributed by atoms with E-state index in [1.807, 2.05) is 13.8 Å². The molecule has 0 spiro atoms. The van der Waals surface area contributed by atoms with Crippen LogP contribution in [0.1, 0.15) is 33.6 Å². The number of carbonyl (C=O) groups excluding carboxylic acids is 1. The van der Waals surface area contributed by atoms with Gasteiger partial charge >= 0.3 is 12.0 Å². The van der Waals surface area contributed by atoms with Gasteiger partial charge < -0.3 is 14.9 Å². The molecular formula is C13H24N2O3. The molecule has 1 aliphatic rings. The number of carbonyl (C=O) groups is 2. The molecule has 5 heteroatoms. The molecule has 0 aliphatic heterocycles. The summed E-state index contributed by atoms with van der Waals surface area (Å²) < 4.78 is 0. The first-order valence-electron chi connectivity index (χ1n) is 6.56. The minimum Gasteiger partial charge on any atom is -0.481 e. The molecule has 0 bridgehead atoms. The van der Waals surface area contributed by atoms with E-state index in [1.54, 1.807) is 16.8 Å². The molecule has 1 rings (SSSR count). The van der Waals surface area contributed by atoms with Gasteiger partial charge in [-0.2, -0.15) is 0 Å². The van der Waals surface area contributed by atoms with Crippen LogP contribution in [-0.2, 0) is 4.79 Å². The Hall–Kier alpha value is -1.26. The topological polar surface area (TPSA) is 60.9 Å². The zero-order chi connectivity index (χ0) is 13.9. The number of amides is 2. The van der Waals surface area contributed by atoms with E-state index in [2.05, 4.69) is 6.92 Å². The standard InChI is InChI=1S/C13H24N2O3/c1-9(2)15(6-5-12(16)17)13(18)14(4)8-11-7-10(11)3/h9-11H,5-8H2,1-4H3,(H,16,17). The predicted molar refractivity (Wildman–Crippen MR) is 69.4 cm³/mol. The van der Waals surface area contributed by atoms with Gasteiger partial charge in [0.05, 0.1) is 6.42 Å². The van der Waals surface area contributed by atoms with Crippen LogP contribution in [0.3, 0.4) is 0 Å². The first-order chi connectivity index (χ1) is 8.32. The largest absolute Gasteiger partial charge is 0.481 e. The molecule has 2 atom stereocenters. The molecule has 1 fully saturated rings. The normalized spacial score (nSPS) is 21.8. The molecule has 18 heavy (non-hydrogen) atoms. The molecule has 104 valence electrons. The fourth-order valence-corrected chi connectivity index (χ4v) is 2.09. The Labute approximate surface area is 109 Å². The third-order valence-corrected chi connectivity index (χ3v) is 3.55. The van der Waals surface area contributed by atoms with Crippen molar-refractivity contribution in [2.45, 2.75) is 39.7 Å². The van der Waals surface area contributed by atoms with E-state index in [0.717, 1.165) is 6.54 Å². The maximum Gasteiger partial charge on any atom is 0.319 e. The molecule has 0 radical (unpaired) electrons. The molecule has 0 aromatic rings. The lowest BCUT2D eigenvalue weighted by Crippen LogP contribution is -2.46. The van der Waals surface area contributed by atoms with Crippen LogP contribution in [0.15, 0.2) is 0 Å². The zero-order valence-corrected chi connectivity index (χ0v) is 11.7. The van der Waals surface area contributed by atoms with E-state index in [9.17, 15) is 9.59 Å². The van der Waals surface area contributed by atoms with E-state index in [-0.39, 0.29) is 25.0 Å². The molecule has 5 nitrogen and oxygen atoms in total. The van der Waals surface area contributed by atoms with Crippen molar-refractivity contribution in [3.63, 3.8) is 0 Å². The van der Waals surface area contributed by atoms with Gasteiger partial charge in [0, 0.05) is 26.2 Å². The lowest BCUT2D eigenvalue weighted by molar-refractivity contribution is -0.137. The van der Waals surface area contributed by atoms with Crippen LogP contribution in [0.2, 0.25) is 0 Å². The van der Waals surface area contributed by atoms with Crippen LogP contribution in [0.25, 0.3) is 0 Å². The average Bonchev–Trinajstić information content (AvgIpc) is 2.93. The summed E-state index contributed by atoms with van der Waals surface area (Å²) in [4.78, 5) is 26.2. The molecule has 0 aromatic heterocycles. The Kier molecular flexibility index (Phi) is 4.99. The Morgan fingerprint density at radius 2 is 1.94 bits per heavy atom. The highest BCUT2D eigenvalue weighted by molar-refractivity contribution is 5.75. The van der Waals surface area contributed by atoms with Gasteiger partial charge in [0.25, 0.3) is 0 Å². The number of urea groups is 1. The minimum atomic E-state index is -0.869. The summed E-state index contributed by atoms with van der Waals surface area (Å²) in [6.07, 6.45) is 1.19. The third-order valence-electron chi connectivity index (χ3n) is 3.55. The zero-order valence-electron chi connectivity index (χ0n) is 11.7. The second-order valence-corrected chi connectivity index (χ2v) is 5.57. The van der Waals surface area contributed by atoms with Crippen LogP contribution in [-0.4, -0.2) is 53.1 Å². The van der Waals surface area contributed by atoms with E-state index < -0.39 is 5.97 Å². The van der Waals surface area contributed by atoms with Crippen molar-refractivity contribution in [2.24, 2.45) is 11.8 Å². The second-order valence-electron chi connectivity index (χ2n) is 5.57. The highest BCUT2D eigenvalue weighted by atomic mass is 16.4. The van der Waals surface area contributed by atoms with Crippen LogP contribution < -0.4 is 0 Å². The number of carboxylic acid groups (broad SMARTS) is 1. The number of nitrogens with zero attached hydrogens (tertiary/aromatic N) is 2. The molecule has 1 aliphatic carbocycles. The molecule has 2 amide bonds. The Morgan fingerprint density at radius 1 is 1.39 bits per heavy atom. The molecule has 1 N–H and O–H groups in total. The van der Waals surface area contributed by atoms with Gasteiger partial charge in [-0.25, -0.2) is 4.79 Å². The summed E-state index contributed by atoms with van der Waals surface area (Å²) in [6, 6.07) is -0.0405. The Balaban J connectivity index is 2.49. The fourth-order valence-electron chi connectivity index (χ4n) is 2.09. The number of hydrogen-bond donors (Lipinski definition) is 1. The SMILES string of the molecule is CC1CC1CN(C)C(=O)N(CCC(=O)O)C(C)C. The van der Waals surface area contributed by atoms with Gasteiger partial charge in [0.15, 0.2) is 0 Å². The maximum absolute atomic E-state index is 12.2. The average molecular weight is 256 g/mol. The smallest absolute Gasteiger partial charge is 0.319 e. The van der Waals surface area contributed by atoms with Crippen molar-refractivity contribution in [3.8, 4) is 0 Å². The summed E-state index contributed by atoms with van der Waals surface area (Å²) in [5, 5.41) is 8.70. The van der Waals surface area contributed by atoms with Crippen LogP contribution in [0.4, 0.5) is 4.79 Å². The van der Waals surface area contributed by atoms with Gasteiger partial charge in [-0.3, -0.25) is 4.79 Å². The van der Waals surface area contributed by atoms with E-state index >= 15 is 0 Å². The van der Waals surface area contributed by atoms with E-state index in [4.69, 9.17) is 5.11 Å². The summed E-state index contributed by atoms with van der Waals surface area (Å²) in [6.45, 7) is 7.06. The van der Waals surface area contributed by atoms with Crippen molar-refractivity contribution in [1.82, 2.24) is 9.80 Å². The summed E-state index contributed by atoms with van der Waals surface area (Å²) in [7, 11) is 1.80. The molecule has 2 unspecified atom stereocenters. The van der Waals surface area contributed by atoms with Gasteiger partial charge in [-0.05, 0) is 32.1 Å². The summed E-state index contributed by atoms with van der Waals surface area (Å²) in [5.74, 6) is 0.464. The first kappa shape index (κ1) is 14.8. The van der Waals surface area contributed by atoms with Gasteiger partial charge in [0.1, 0.15) is 0 Å². The Bertz CT molecular complexity index is 317. The second kappa shape index (κ2) is 6.07. The number of hydrogen-bond acceptors (Lipinski definition) is 2. The number of aliphatic carboxylic acids is 1. The molecule has 1 saturated carbocycles. The maximum atomic E-state index is 12.2. The monoisotopic (exact) mass is 256 g/mol. The van der Waals surface area contributed by atoms with Crippen LogP contribution >= 0.6 is 0 Å². The lowest BCUT2D eigenvalue weighted by Gasteiger charge is -2.31. The molecule has 0 saturated heterocycles. The minimum absolute atomic E-state index is 0.00239. The predicted octanol–water partition coefficient (Wildman–Crippen LogP) is 1.88. The van der Waals surface area contributed by atoms with Crippen molar-refractivity contribution >= 4 is 12.0 Å². The highest BCUT2D eigenvalue weighted by Gasteiger charge is 2.35. The first-order valence-corrected chi connectivity index (χ1v) is 6.56. The van der Waals surface area contributed by atoms with E-state index in [0.29, 0.717) is 11.8 Å². The Morgan fingerprint density at radius 3 is 2.33 bits per heavy atom. The van der Waals surface area contributed by atoms with Gasteiger partial charge in [-0.15, -0.1) is 0 Å². The highest BCUT2D eigenvalue weighted by Crippen LogP contribution is 2.38. The molecule has 0 heterocycles. The molecular weight excluding hydrogens is 232 g/mol. The summed E-state index contributed by atoms with van der Waals surface area (Å²) >= 11 is 0. The number of rotatable bonds is 6. The van der Waals surface area contributed by atoms with Crippen LogP contribution in [0.5, 0.6) is 0 Å². The number of carboxylic acids is 1. The van der Waals surface area contributed by atoms with Crippen molar-refractivity contribution < 1.29 is 14.7 Å².